The van der Waals surface area contributed by atoms with Crippen LogP contribution in [0.2, 0.25) is 0 Å². The maximum absolute atomic E-state index is 10.6. The SMILES string of the molecule is NC(=O)NN=NC1CCCCCC/C=C\CCCCCCC1. The summed E-state index contributed by atoms with van der Waals surface area (Å²) in [5.41, 5.74) is 7.20. The molecule has 1 rings (SSSR count). The van der Waals surface area contributed by atoms with Crippen molar-refractivity contribution in [2.75, 3.05) is 0 Å². The number of rotatable bonds is 2. The van der Waals surface area contributed by atoms with Crippen molar-refractivity contribution in [2.24, 2.45) is 16.1 Å². The molecule has 0 saturated carbocycles. The molecule has 2 amide bonds. The van der Waals surface area contributed by atoms with Gasteiger partial charge in [-0.3, -0.25) is 0 Å². The minimum Gasteiger partial charge on any atom is -0.350 e. The number of amides is 2. The monoisotopic (exact) mass is 308 g/mol. The number of allylic oxidation sites excluding steroid dienone is 2. The number of urea groups is 1. The first-order chi connectivity index (χ1) is 10.8. The Morgan fingerprint density at radius 1 is 0.864 bits per heavy atom. The number of hydrogen-bond acceptors (Lipinski definition) is 3. The van der Waals surface area contributed by atoms with E-state index in [1.165, 1.54) is 70.6 Å². The Morgan fingerprint density at radius 3 is 1.91 bits per heavy atom. The van der Waals surface area contributed by atoms with Gasteiger partial charge in [-0.25, -0.2) is 10.2 Å². The lowest BCUT2D eigenvalue weighted by atomic mass is 10.0. The molecule has 0 aliphatic heterocycles. The Hall–Kier alpha value is -1.39. The average Bonchev–Trinajstić information content (AvgIpc) is 2.48. The van der Waals surface area contributed by atoms with E-state index in [1.807, 2.05) is 0 Å². The molecular formula is C17H32N4O. The van der Waals surface area contributed by atoms with E-state index in [-0.39, 0.29) is 6.04 Å². The summed E-state index contributed by atoms with van der Waals surface area (Å²) in [6, 6.07) is -0.426. The number of carbonyl (C=O) groups excluding carboxylic acids is 1. The normalized spacial score (nSPS) is 24.8. The number of carbonyl (C=O) groups is 1. The van der Waals surface area contributed by atoms with Gasteiger partial charge in [0.05, 0.1) is 6.04 Å². The van der Waals surface area contributed by atoms with Gasteiger partial charge in [0, 0.05) is 0 Å². The van der Waals surface area contributed by atoms with Crippen LogP contribution in [0.25, 0.3) is 0 Å². The summed E-state index contributed by atoms with van der Waals surface area (Å²) in [4.78, 5) is 10.6. The molecule has 0 aromatic rings. The molecule has 126 valence electrons. The Bertz CT molecular complexity index is 342. The Labute approximate surface area is 134 Å². The quantitative estimate of drug-likeness (QED) is 0.418. The zero-order valence-electron chi connectivity index (χ0n) is 13.8. The molecule has 5 heteroatoms. The van der Waals surface area contributed by atoms with Crippen molar-refractivity contribution >= 4 is 6.03 Å². The fraction of sp³-hybridized carbons (Fsp3) is 0.824. The third-order valence-corrected chi connectivity index (χ3v) is 4.11. The van der Waals surface area contributed by atoms with Crippen LogP contribution < -0.4 is 11.2 Å². The van der Waals surface area contributed by atoms with E-state index >= 15 is 0 Å². The van der Waals surface area contributed by atoms with Crippen LogP contribution in [0.15, 0.2) is 22.5 Å². The molecule has 1 aliphatic rings. The van der Waals surface area contributed by atoms with Crippen LogP contribution >= 0.6 is 0 Å². The summed E-state index contributed by atoms with van der Waals surface area (Å²) in [5.74, 6) is 0. The second-order valence-corrected chi connectivity index (χ2v) is 6.15. The third kappa shape index (κ3) is 11.3. The van der Waals surface area contributed by atoms with Gasteiger partial charge in [0.1, 0.15) is 0 Å². The summed E-state index contributed by atoms with van der Waals surface area (Å²) in [6.45, 7) is 0. The first kappa shape index (κ1) is 18.7. The van der Waals surface area contributed by atoms with Crippen LogP contribution in [0.1, 0.15) is 83.5 Å². The number of nitrogens with zero attached hydrogens (tertiary/aromatic N) is 2. The third-order valence-electron chi connectivity index (χ3n) is 4.11. The zero-order chi connectivity index (χ0) is 15.9. The van der Waals surface area contributed by atoms with Gasteiger partial charge in [-0.05, 0) is 38.5 Å². The van der Waals surface area contributed by atoms with E-state index in [0.29, 0.717) is 0 Å². The molecule has 0 aromatic heterocycles. The second-order valence-electron chi connectivity index (χ2n) is 6.15. The Balaban J connectivity index is 2.35. The molecule has 0 radical (unpaired) electrons. The van der Waals surface area contributed by atoms with Crippen molar-refractivity contribution in [2.45, 2.75) is 89.5 Å². The van der Waals surface area contributed by atoms with Crippen LogP contribution in [-0.4, -0.2) is 12.1 Å². The molecule has 0 aromatic carbocycles. The highest BCUT2D eigenvalue weighted by Crippen LogP contribution is 2.17. The molecule has 1 aliphatic carbocycles. The molecular weight excluding hydrogens is 276 g/mol. The molecule has 3 N–H and O–H groups in total. The lowest BCUT2D eigenvalue weighted by Gasteiger charge is -2.11. The Morgan fingerprint density at radius 2 is 1.36 bits per heavy atom. The van der Waals surface area contributed by atoms with Gasteiger partial charge in [-0.2, -0.15) is 5.11 Å². The minimum absolute atomic E-state index is 0.222. The summed E-state index contributed by atoms with van der Waals surface area (Å²) in [7, 11) is 0. The summed E-state index contributed by atoms with van der Waals surface area (Å²) in [5, 5.41) is 7.94. The standard InChI is InChI=1S/C17H32N4O/c18-17(22)20-21-19-16-14-12-10-8-6-4-2-1-3-5-7-9-11-13-15-16/h1-2,16H,3-15H2,(H3,18,19,20,22)/b2-1-. The van der Waals surface area contributed by atoms with Gasteiger partial charge in [0.2, 0.25) is 0 Å². The fourth-order valence-electron chi connectivity index (χ4n) is 2.82. The molecule has 1 unspecified atom stereocenters. The minimum atomic E-state index is -0.648. The van der Waals surface area contributed by atoms with Crippen LogP contribution in [0.5, 0.6) is 0 Å². The van der Waals surface area contributed by atoms with Crippen LogP contribution in [0.4, 0.5) is 4.79 Å². The van der Waals surface area contributed by atoms with Crippen molar-refractivity contribution in [3.63, 3.8) is 0 Å². The second kappa shape index (κ2) is 13.3. The fourth-order valence-corrected chi connectivity index (χ4v) is 2.82. The predicted octanol–water partition coefficient (Wildman–Crippen LogP) is 5.03. The molecule has 0 fully saturated rings. The molecule has 1 atom stereocenters. The first-order valence-corrected chi connectivity index (χ1v) is 8.89. The van der Waals surface area contributed by atoms with Gasteiger partial charge >= 0.3 is 6.03 Å². The number of nitrogens with two attached hydrogens (primary N) is 1. The van der Waals surface area contributed by atoms with E-state index in [9.17, 15) is 4.79 Å². The van der Waals surface area contributed by atoms with Gasteiger partial charge < -0.3 is 5.73 Å². The predicted molar refractivity (Wildman–Crippen MR) is 90.5 cm³/mol. The van der Waals surface area contributed by atoms with E-state index in [1.54, 1.807) is 0 Å². The molecule has 0 spiro atoms. The van der Waals surface area contributed by atoms with Crippen molar-refractivity contribution in [3.8, 4) is 0 Å². The van der Waals surface area contributed by atoms with Crippen LogP contribution in [0.3, 0.4) is 0 Å². The molecule has 0 heterocycles. The van der Waals surface area contributed by atoms with Crippen LogP contribution in [-0.2, 0) is 0 Å². The van der Waals surface area contributed by atoms with Crippen molar-refractivity contribution in [1.29, 1.82) is 0 Å². The topological polar surface area (TPSA) is 79.8 Å². The number of nitrogens with one attached hydrogen (secondary N) is 1. The lowest BCUT2D eigenvalue weighted by molar-refractivity contribution is 0.248. The summed E-state index contributed by atoms with van der Waals surface area (Å²) >= 11 is 0. The van der Waals surface area contributed by atoms with E-state index in [4.69, 9.17) is 5.73 Å². The maximum atomic E-state index is 10.6. The largest absolute Gasteiger partial charge is 0.350 e. The highest BCUT2D eigenvalue weighted by atomic mass is 16.2. The smallest absolute Gasteiger partial charge is 0.333 e. The first-order valence-electron chi connectivity index (χ1n) is 8.89. The van der Waals surface area contributed by atoms with Gasteiger partial charge in [0.25, 0.3) is 0 Å². The van der Waals surface area contributed by atoms with E-state index < -0.39 is 6.03 Å². The van der Waals surface area contributed by atoms with Crippen molar-refractivity contribution in [3.05, 3.63) is 12.2 Å². The number of hydrogen-bond donors (Lipinski definition) is 2. The summed E-state index contributed by atoms with van der Waals surface area (Å²) in [6.07, 6.45) is 20.7. The average molecular weight is 308 g/mol. The van der Waals surface area contributed by atoms with Crippen molar-refractivity contribution < 1.29 is 4.79 Å². The Kier molecular flexibility index (Phi) is 11.3. The zero-order valence-corrected chi connectivity index (χ0v) is 13.8. The van der Waals surface area contributed by atoms with Gasteiger partial charge in [0.15, 0.2) is 0 Å². The summed E-state index contributed by atoms with van der Waals surface area (Å²) < 4.78 is 0. The molecule has 0 saturated heterocycles. The highest BCUT2D eigenvalue weighted by Gasteiger charge is 2.07. The molecule has 22 heavy (non-hydrogen) atoms. The lowest BCUT2D eigenvalue weighted by Crippen LogP contribution is -2.24. The van der Waals surface area contributed by atoms with Crippen molar-refractivity contribution in [1.82, 2.24) is 5.43 Å². The molecule has 5 nitrogen and oxygen atoms in total. The maximum Gasteiger partial charge on any atom is 0.333 e. The number of primary amides is 1. The van der Waals surface area contributed by atoms with E-state index in [0.717, 1.165) is 12.8 Å². The molecule has 0 bridgehead atoms. The van der Waals surface area contributed by atoms with E-state index in [2.05, 4.69) is 27.9 Å². The van der Waals surface area contributed by atoms with Crippen LogP contribution in [0, 0.1) is 0 Å². The van der Waals surface area contributed by atoms with Gasteiger partial charge in [-0.1, -0.05) is 62.3 Å². The van der Waals surface area contributed by atoms with Gasteiger partial charge in [-0.15, -0.1) is 0 Å². The highest BCUT2D eigenvalue weighted by molar-refractivity contribution is 5.70.